The van der Waals surface area contributed by atoms with Gasteiger partial charge in [0.15, 0.2) is 0 Å². The molecule has 0 radical (unpaired) electrons. The van der Waals surface area contributed by atoms with Crippen molar-refractivity contribution in [3.63, 3.8) is 0 Å². The topological polar surface area (TPSA) is 38.0 Å². The predicted molar refractivity (Wildman–Crippen MR) is 48.4 cm³/mol. The molecule has 2 nitrogen and oxygen atoms in total. The Kier molecular flexibility index (Phi) is 2.55. The minimum atomic E-state index is 0.550. The molecule has 0 amide bonds. The van der Waals surface area contributed by atoms with Crippen molar-refractivity contribution in [2.24, 2.45) is 17.1 Å². The predicted octanol–water partition coefficient (Wildman–Crippen LogP) is 0.969. The summed E-state index contributed by atoms with van der Waals surface area (Å²) in [5.74, 6) is 0.617. The number of hydrogen-bond acceptors (Lipinski definition) is 2. The Morgan fingerprint density at radius 2 is 2.18 bits per heavy atom. The van der Waals surface area contributed by atoms with Crippen LogP contribution in [0.1, 0.15) is 27.2 Å². The highest BCUT2D eigenvalue weighted by atomic mass is 15.0. The van der Waals surface area contributed by atoms with Crippen LogP contribution in [0.4, 0.5) is 0 Å². The fraction of sp³-hybridized carbons (Fsp3) is 1.00. The van der Waals surface area contributed by atoms with Crippen molar-refractivity contribution in [1.82, 2.24) is 5.32 Å². The largest absolute Gasteiger partial charge is 0.330 e. The van der Waals surface area contributed by atoms with Crippen LogP contribution in [0.2, 0.25) is 0 Å². The SMILES string of the molecule is CC(CN)CNC1CC1(C)C. The molecular formula is C9H20N2. The molecule has 1 aliphatic carbocycles. The second-order valence-electron chi connectivity index (χ2n) is 4.49. The van der Waals surface area contributed by atoms with Crippen LogP contribution < -0.4 is 11.1 Å². The third kappa shape index (κ3) is 2.46. The molecule has 0 heterocycles. The maximum Gasteiger partial charge on any atom is 0.0125 e. The second kappa shape index (κ2) is 3.11. The van der Waals surface area contributed by atoms with Gasteiger partial charge in [0.2, 0.25) is 0 Å². The first kappa shape index (κ1) is 9.01. The number of nitrogens with one attached hydrogen (secondary N) is 1. The Morgan fingerprint density at radius 3 is 2.55 bits per heavy atom. The fourth-order valence-electron chi connectivity index (χ4n) is 1.24. The van der Waals surface area contributed by atoms with Gasteiger partial charge in [-0.05, 0) is 30.8 Å². The summed E-state index contributed by atoms with van der Waals surface area (Å²) in [7, 11) is 0. The highest BCUT2D eigenvalue weighted by Crippen LogP contribution is 2.44. The van der Waals surface area contributed by atoms with E-state index in [2.05, 4.69) is 26.1 Å². The average molecular weight is 156 g/mol. The summed E-state index contributed by atoms with van der Waals surface area (Å²) < 4.78 is 0. The minimum Gasteiger partial charge on any atom is -0.330 e. The molecule has 2 atom stereocenters. The zero-order valence-corrected chi connectivity index (χ0v) is 7.85. The van der Waals surface area contributed by atoms with Crippen molar-refractivity contribution in [3.05, 3.63) is 0 Å². The van der Waals surface area contributed by atoms with Gasteiger partial charge in [0.25, 0.3) is 0 Å². The van der Waals surface area contributed by atoms with Crippen molar-refractivity contribution in [3.8, 4) is 0 Å². The standard InChI is InChI=1S/C9H20N2/c1-7(5-10)6-11-8-4-9(8,2)3/h7-8,11H,4-6,10H2,1-3H3. The lowest BCUT2D eigenvalue weighted by Gasteiger charge is -2.10. The van der Waals surface area contributed by atoms with Crippen molar-refractivity contribution >= 4 is 0 Å². The Labute approximate surface area is 69.5 Å². The van der Waals surface area contributed by atoms with Crippen LogP contribution in [-0.4, -0.2) is 19.1 Å². The summed E-state index contributed by atoms with van der Waals surface area (Å²) in [6, 6.07) is 0.747. The van der Waals surface area contributed by atoms with Gasteiger partial charge in [-0.3, -0.25) is 0 Å². The monoisotopic (exact) mass is 156 g/mol. The molecule has 1 aliphatic rings. The average Bonchev–Trinajstić information content (AvgIpc) is 2.54. The third-order valence-corrected chi connectivity index (χ3v) is 2.63. The van der Waals surface area contributed by atoms with Crippen LogP contribution >= 0.6 is 0 Å². The lowest BCUT2D eigenvalue weighted by Crippen LogP contribution is -2.29. The third-order valence-electron chi connectivity index (χ3n) is 2.63. The van der Waals surface area contributed by atoms with E-state index in [0.29, 0.717) is 11.3 Å². The van der Waals surface area contributed by atoms with Crippen LogP contribution in [0, 0.1) is 11.3 Å². The van der Waals surface area contributed by atoms with Crippen LogP contribution in [0.3, 0.4) is 0 Å². The van der Waals surface area contributed by atoms with Crippen molar-refractivity contribution in [2.45, 2.75) is 33.2 Å². The van der Waals surface area contributed by atoms with E-state index in [1.54, 1.807) is 0 Å². The fourth-order valence-corrected chi connectivity index (χ4v) is 1.24. The molecule has 0 aliphatic heterocycles. The molecule has 0 bridgehead atoms. The van der Waals surface area contributed by atoms with E-state index in [4.69, 9.17) is 5.73 Å². The van der Waals surface area contributed by atoms with Gasteiger partial charge in [-0.15, -0.1) is 0 Å². The molecule has 1 saturated carbocycles. The molecule has 1 fully saturated rings. The first-order valence-corrected chi connectivity index (χ1v) is 4.49. The molecule has 0 aromatic rings. The smallest absolute Gasteiger partial charge is 0.0125 e. The lowest BCUT2D eigenvalue weighted by atomic mass is 10.1. The molecule has 0 saturated heterocycles. The maximum atomic E-state index is 5.51. The molecule has 66 valence electrons. The number of nitrogens with two attached hydrogens (primary N) is 1. The van der Waals surface area contributed by atoms with Crippen molar-refractivity contribution < 1.29 is 0 Å². The summed E-state index contributed by atoms with van der Waals surface area (Å²) in [6.07, 6.45) is 1.32. The molecule has 3 N–H and O–H groups in total. The molecule has 2 unspecified atom stereocenters. The van der Waals surface area contributed by atoms with Crippen LogP contribution in [0.5, 0.6) is 0 Å². The molecule has 11 heavy (non-hydrogen) atoms. The Morgan fingerprint density at radius 1 is 1.64 bits per heavy atom. The number of hydrogen-bond donors (Lipinski definition) is 2. The van der Waals surface area contributed by atoms with Gasteiger partial charge in [-0.2, -0.15) is 0 Å². The Hall–Kier alpha value is -0.0800. The first-order chi connectivity index (χ1) is 5.06. The van der Waals surface area contributed by atoms with Crippen LogP contribution in [-0.2, 0) is 0 Å². The second-order valence-corrected chi connectivity index (χ2v) is 4.49. The highest BCUT2D eigenvalue weighted by Gasteiger charge is 2.44. The van der Waals surface area contributed by atoms with Crippen LogP contribution in [0.15, 0.2) is 0 Å². The molecule has 0 aromatic heterocycles. The molecular weight excluding hydrogens is 136 g/mol. The first-order valence-electron chi connectivity index (χ1n) is 4.49. The van der Waals surface area contributed by atoms with E-state index in [-0.39, 0.29) is 0 Å². The Bertz CT molecular complexity index is 132. The van der Waals surface area contributed by atoms with E-state index in [9.17, 15) is 0 Å². The summed E-state index contributed by atoms with van der Waals surface area (Å²) >= 11 is 0. The van der Waals surface area contributed by atoms with Crippen LogP contribution in [0.25, 0.3) is 0 Å². The Balaban J connectivity index is 2.06. The summed E-state index contributed by atoms with van der Waals surface area (Å²) in [5, 5.41) is 3.52. The van der Waals surface area contributed by atoms with Gasteiger partial charge < -0.3 is 11.1 Å². The normalized spacial score (nSPS) is 30.0. The van der Waals surface area contributed by atoms with E-state index in [1.165, 1.54) is 6.42 Å². The van der Waals surface area contributed by atoms with E-state index >= 15 is 0 Å². The molecule has 1 rings (SSSR count). The van der Waals surface area contributed by atoms with Gasteiger partial charge in [0, 0.05) is 6.04 Å². The maximum absolute atomic E-state index is 5.51. The van der Waals surface area contributed by atoms with E-state index in [1.807, 2.05) is 0 Å². The summed E-state index contributed by atoms with van der Waals surface area (Å²) in [4.78, 5) is 0. The molecule has 2 heteroatoms. The summed E-state index contributed by atoms with van der Waals surface area (Å²) in [5.41, 5.74) is 6.06. The van der Waals surface area contributed by atoms with Gasteiger partial charge in [0.05, 0.1) is 0 Å². The van der Waals surface area contributed by atoms with Gasteiger partial charge in [-0.1, -0.05) is 20.8 Å². The van der Waals surface area contributed by atoms with Crippen molar-refractivity contribution in [2.75, 3.05) is 13.1 Å². The highest BCUT2D eigenvalue weighted by molar-refractivity contribution is 5.01. The van der Waals surface area contributed by atoms with Crippen molar-refractivity contribution in [1.29, 1.82) is 0 Å². The van der Waals surface area contributed by atoms with Gasteiger partial charge in [-0.25, -0.2) is 0 Å². The lowest BCUT2D eigenvalue weighted by molar-refractivity contribution is 0.478. The zero-order chi connectivity index (χ0) is 8.48. The van der Waals surface area contributed by atoms with E-state index < -0.39 is 0 Å². The van der Waals surface area contributed by atoms with Gasteiger partial charge >= 0.3 is 0 Å². The quantitative estimate of drug-likeness (QED) is 0.636. The molecule has 0 aromatic carbocycles. The van der Waals surface area contributed by atoms with E-state index in [0.717, 1.165) is 19.1 Å². The number of rotatable bonds is 4. The molecule has 0 spiro atoms. The zero-order valence-electron chi connectivity index (χ0n) is 7.85. The van der Waals surface area contributed by atoms with Gasteiger partial charge in [0.1, 0.15) is 0 Å². The summed E-state index contributed by atoms with van der Waals surface area (Å²) in [6.45, 7) is 8.66. The minimum absolute atomic E-state index is 0.550.